The van der Waals surface area contributed by atoms with Gasteiger partial charge < -0.3 is 14.8 Å². The lowest BCUT2D eigenvalue weighted by Gasteiger charge is -2.29. The molecule has 0 radical (unpaired) electrons. The molecular formula is C25H26N4O2. The largest absolute Gasteiger partial charge is 0.437 e. The zero-order valence-electron chi connectivity index (χ0n) is 17.4. The van der Waals surface area contributed by atoms with E-state index in [0.717, 1.165) is 72.7 Å². The fraction of sp³-hybridized carbons (Fsp3) is 0.280. The quantitative estimate of drug-likeness (QED) is 0.486. The highest BCUT2D eigenvalue weighted by Gasteiger charge is 2.22. The molecule has 1 aliphatic rings. The highest BCUT2D eigenvalue weighted by atomic mass is 16.3. The molecule has 2 aromatic carbocycles. The topological polar surface area (TPSA) is 74.4 Å². The number of hydrogen-bond donors (Lipinski definition) is 2. The Bertz CT molecular complexity index is 1140. The third kappa shape index (κ3) is 4.17. The minimum atomic E-state index is -0.216. The Morgan fingerprint density at radius 1 is 1.00 bits per heavy atom. The van der Waals surface area contributed by atoms with Gasteiger partial charge in [0.1, 0.15) is 17.9 Å². The third-order valence-corrected chi connectivity index (χ3v) is 5.79. The Morgan fingerprint density at radius 2 is 1.74 bits per heavy atom. The number of β-amino-alcohol motifs (C(OH)–C–C–N with tert-alkyl or cyclic N) is 1. The summed E-state index contributed by atoms with van der Waals surface area (Å²) in [6.45, 7) is 3.35. The molecular weight excluding hydrogens is 388 g/mol. The summed E-state index contributed by atoms with van der Waals surface area (Å²) in [7, 11) is 0. The van der Waals surface area contributed by atoms with Crippen LogP contribution in [0.5, 0.6) is 0 Å². The van der Waals surface area contributed by atoms with E-state index in [1.54, 1.807) is 6.33 Å². The van der Waals surface area contributed by atoms with E-state index in [0.29, 0.717) is 5.71 Å². The smallest absolute Gasteiger partial charge is 0.232 e. The average molecular weight is 415 g/mol. The number of hydrogen-bond acceptors (Lipinski definition) is 6. The van der Waals surface area contributed by atoms with Gasteiger partial charge in [-0.3, -0.25) is 4.90 Å². The van der Waals surface area contributed by atoms with Crippen LogP contribution in [0.4, 0.5) is 5.82 Å². The zero-order chi connectivity index (χ0) is 21.0. The van der Waals surface area contributed by atoms with Gasteiger partial charge >= 0.3 is 0 Å². The van der Waals surface area contributed by atoms with E-state index in [-0.39, 0.29) is 6.10 Å². The van der Waals surface area contributed by atoms with Gasteiger partial charge in [-0.05, 0) is 24.9 Å². The Balaban J connectivity index is 1.51. The maximum Gasteiger partial charge on any atom is 0.232 e. The van der Waals surface area contributed by atoms with Crippen LogP contribution in [0.3, 0.4) is 0 Å². The highest BCUT2D eigenvalue weighted by molar-refractivity contribution is 6.05. The summed E-state index contributed by atoms with van der Waals surface area (Å²) in [5.41, 5.74) is 3.65. The van der Waals surface area contributed by atoms with Gasteiger partial charge in [0.2, 0.25) is 5.71 Å². The van der Waals surface area contributed by atoms with Gasteiger partial charge in [-0.15, -0.1) is 0 Å². The number of benzene rings is 2. The molecule has 1 saturated heterocycles. The van der Waals surface area contributed by atoms with Crippen LogP contribution >= 0.6 is 0 Å². The van der Waals surface area contributed by atoms with Crippen molar-refractivity contribution in [2.45, 2.75) is 18.9 Å². The fourth-order valence-electron chi connectivity index (χ4n) is 4.31. The lowest BCUT2D eigenvalue weighted by Crippen LogP contribution is -2.40. The SMILES string of the molecule is OC1CCCN(CCNc2ncnc3oc(-c4ccccc4)c(-c4ccccc4)c23)C1. The van der Waals surface area contributed by atoms with Crippen molar-refractivity contribution in [2.75, 3.05) is 31.5 Å². The van der Waals surface area contributed by atoms with E-state index >= 15 is 0 Å². The van der Waals surface area contributed by atoms with E-state index in [2.05, 4.69) is 32.3 Å². The number of piperidine rings is 1. The van der Waals surface area contributed by atoms with E-state index in [1.165, 1.54) is 0 Å². The van der Waals surface area contributed by atoms with E-state index < -0.39 is 0 Å². The Labute approximate surface area is 181 Å². The van der Waals surface area contributed by atoms with Crippen LogP contribution in [0.15, 0.2) is 71.4 Å². The van der Waals surface area contributed by atoms with E-state index in [4.69, 9.17) is 4.42 Å². The number of nitrogens with one attached hydrogen (secondary N) is 1. The molecule has 0 bridgehead atoms. The summed E-state index contributed by atoms with van der Waals surface area (Å²) in [6.07, 6.45) is 3.27. The van der Waals surface area contributed by atoms with Gasteiger partial charge in [-0.1, -0.05) is 60.7 Å². The summed E-state index contributed by atoms with van der Waals surface area (Å²) in [5.74, 6) is 1.57. The number of rotatable bonds is 6. The first-order chi connectivity index (χ1) is 15.3. The van der Waals surface area contributed by atoms with Crippen molar-refractivity contribution in [3.63, 3.8) is 0 Å². The fourth-order valence-corrected chi connectivity index (χ4v) is 4.31. The van der Waals surface area contributed by atoms with Crippen LogP contribution in [-0.4, -0.2) is 52.3 Å². The minimum Gasteiger partial charge on any atom is -0.437 e. The predicted octanol–water partition coefficient (Wildman–Crippen LogP) is 4.43. The van der Waals surface area contributed by atoms with Gasteiger partial charge in [0.15, 0.2) is 0 Å². The van der Waals surface area contributed by atoms with Crippen molar-refractivity contribution in [2.24, 2.45) is 0 Å². The number of nitrogens with zero attached hydrogens (tertiary/aromatic N) is 3. The van der Waals surface area contributed by atoms with Crippen molar-refractivity contribution in [1.29, 1.82) is 0 Å². The first-order valence-corrected chi connectivity index (χ1v) is 10.8. The van der Waals surface area contributed by atoms with Crippen molar-refractivity contribution < 1.29 is 9.52 Å². The van der Waals surface area contributed by atoms with Crippen molar-refractivity contribution in [3.8, 4) is 22.5 Å². The molecule has 1 aliphatic heterocycles. The molecule has 1 atom stereocenters. The Kier molecular flexibility index (Phi) is 5.65. The predicted molar refractivity (Wildman–Crippen MR) is 123 cm³/mol. The number of likely N-dealkylation sites (tertiary alicyclic amines) is 1. The van der Waals surface area contributed by atoms with E-state index in [1.807, 2.05) is 48.5 Å². The minimum absolute atomic E-state index is 0.216. The van der Waals surface area contributed by atoms with Crippen molar-refractivity contribution >= 4 is 16.9 Å². The van der Waals surface area contributed by atoms with Gasteiger partial charge in [0.05, 0.1) is 11.5 Å². The van der Waals surface area contributed by atoms with Crippen LogP contribution in [0.2, 0.25) is 0 Å². The molecule has 2 N–H and O–H groups in total. The van der Waals surface area contributed by atoms with E-state index in [9.17, 15) is 5.11 Å². The van der Waals surface area contributed by atoms with Crippen LogP contribution in [0.25, 0.3) is 33.6 Å². The monoisotopic (exact) mass is 414 g/mol. The second-order valence-corrected chi connectivity index (χ2v) is 7.96. The number of aromatic nitrogens is 2. The number of anilines is 1. The van der Waals surface area contributed by atoms with Crippen LogP contribution < -0.4 is 5.32 Å². The number of fused-ring (bicyclic) bond motifs is 1. The first-order valence-electron chi connectivity index (χ1n) is 10.8. The van der Waals surface area contributed by atoms with Crippen LogP contribution in [-0.2, 0) is 0 Å². The molecule has 0 saturated carbocycles. The Morgan fingerprint density at radius 3 is 2.48 bits per heavy atom. The van der Waals surface area contributed by atoms with Gasteiger partial charge in [-0.25, -0.2) is 9.97 Å². The molecule has 158 valence electrons. The molecule has 1 unspecified atom stereocenters. The van der Waals surface area contributed by atoms with Gasteiger partial charge in [-0.2, -0.15) is 0 Å². The molecule has 1 fully saturated rings. The normalized spacial score (nSPS) is 17.1. The molecule has 0 amide bonds. The molecule has 31 heavy (non-hydrogen) atoms. The summed E-state index contributed by atoms with van der Waals surface area (Å²) in [6, 6.07) is 20.4. The van der Waals surface area contributed by atoms with Gasteiger partial charge in [0, 0.05) is 30.8 Å². The summed E-state index contributed by atoms with van der Waals surface area (Å²) in [5, 5.41) is 14.3. The second-order valence-electron chi connectivity index (χ2n) is 7.96. The van der Waals surface area contributed by atoms with Crippen LogP contribution in [0.1, 0.15) is 12.8 Å². The summed E-state index contributed by atoms with van der Waals surface area (Å²) in [4.78, 5) is 11.3. The Hall–Kier alpha value is -3.22. The molecule has 6 nitrogen and oxygen atoms in total. The molecule has 3 heterocycles. The van der Waals surface area contributed by atoms with Gasteiger partial charge in [0.25, 0.3) is 0 Å². The molecule has 4 aromatic rings. The maximum atomic E-state index is 9.92. The molecule has 6 heteroatoms. The molecule has 0 aliphatic carbocycles. The highest BCUT2D eigenvalue weighted by Crippen LogP contribution is 2.42. The molecule has 2 aromatic heterocycles. The summed E-state index contributed by atoms with van der Waals surface area (Å²) < 4.78 is 6.26. The number of furan rings is 1. The molecule has 5 rings (SSSR count). The average Bonchev–Trinajstić information content (AvgIpc) is 3.21. The van der Waals surface area contributed by atoms with Crippen molar-refractivity contribution in [3.05, 3.63) is 67.0 Å². The maximum absolute atomic E-state index is 9.92. The first kappa shape index (κ1) is 19.7. The lowest BCUT2D eigenvalue weighted by molar-refractivity contribution is 0.0730. The number of aliphatic hydroxyl groups excluding tert-OH is 1. The van der Waals surface area contributed by atoms with Crippen LogP contribution in [0, 0.1) is 0 Å². The van der Waals surface area contributed by atoms with Crippen molar-refractivity contribution in [1.82, 2.24) is 14.9 Å². The lowest BCUT2D eigenvalue weighted by atomic mass is 9.99. The number of aliphatic hydroxyl groups is 1. The third-order valence-electron chi connectivity index (χ3n) is 5.79. The molecule has 0 spiro atoms. The second kappa shape index (κ2) is 8.88. The summed E-state index contributed by atoms with van der Waals surface area (Å²) >= 11 is 0. The standard InChI is InChI=1S/C25H26N4O2/c30-20-12-7-14-29(16-20)15-13-26-24-22-21(18-8-3-1-4-9-18)23(19-10-5-2-6-11-19)31-25(22)28-17-27-24/h1-6,8-11,17,20,30H,7,12-16H2,(H,26,27,28). The zero-order valence-corrected chi connectivity index (χ0v) is 17.4.